The van der Waals surface area contributed by atoms with E-state index in [1.165, 1.54) is 32.4 Å². The lowest BCUT2D eigenvalue weighted by atomic mass is 9.79. The molecule has 1 rings (SSSR count). The lowest BCUT2D eigenvalue weighted by Gasteiger charge is -2.39. The first-order valence-electron chi connectivity index (χ1n) is 7.00. The SMILES string of the molecule is CCN(CC(C)CN)C1CC(C)CC(C)C1. The topological polar surface area (TPSA) is 29.3 Å². The first-order chi connectivity index (χ1) is 7.56. The third kappa shape index (κ3) is 4.06. The van der Waals surface area contributed by atoms with Crippen LogP contribution in [0.2, 0.25) is 0 Å². The van der Waals surface area contributed by atoms with Crippen LogP contribution in [0.15, 0.2) is 0 Å². The molecule has 0 spiro atoms. The normalized spacial score (nSPS) is 33.0. The summed E-state index contributed by atoms with van der Waals surface area (Å²) >= 11 is 0. The maximum Gasteiger partial charge on any atom is 0.0100 e. The second-order valence-electron chi connectivity index (χ2n) is 6.00. The minimum absolute atomic E-state index is 0.632. The fourth-order valence-corrected chi connectivity index (χ4v) is 3.21. The van der Waals surface area contributed by atoms with E-state index in [0.717, 1.165) is 24.4 Å². The highest BCUT2D eigenvalue weighted by molar-refractivity contribution is 4.82. The summed E-state index contributed by atoms with van der Waals surface area (Å²) < 4.78 is 0. The molecule has 3 unspecified atom stereocenters. The van der Waals surface area contributed by atoms with Crippen molar-refractivity contribution in [3.63, 3.8) is 0 Å². The molecule has 0 bridgehead atoms. The summed E-state index contributed by atoms with van der Waals surface area (Å²) in [6, 6.07) is 0.803. The highest BCUT2D eigenvalue weighted by atomic mass is 15.2. The van der Waals surface area contributed by atoms with Crippen LogP contribution in [0, 0.1) is 17.8 Å². The standard InChI is InChI=1S/C14H30N2/c1-5-16(10-13(4)9-15)14-7-11(2)6-12(3)8-14/h11-14H,5-10,15H2,1-4H3. The summed E-state index contributed by atoms with van der Waals surface area (Å²) in [4.78, 5) is 2.66. The first-order valence-corrected chi connectivity index (χ1v) is 7.00. The van der Waals surface area contributed by atoms with Crippen LogP contribution in [0.25, 0.3) is 0 Å². The van der Waals surface area contributed by atoms with Gasteiger partial charge in [-0.15, -0.1) is 0 Å². The van der Waals surface area contributed by atoms with Crippen molar-refractivity contribution in [1.82, 2.24) is 4.90 Å². The molecule has 3 atom stereocenters. The van der Waals surface area contributed by atoms with E-state index >= 15 is 0 Å². The lowest BCUT2D eigenvalue weighted by Crippen LogP contribution is -2.43. The average Bonchev–Trinajstić information content (AvgIpc) is 2.24. The Labute approximate surface area is 102 Å². The lowest BCUT2D eigenvalue weighted by molar-refractivity contribution is 0.102. The van der Waals surface area contributed by atoms with Gasteiger partial charge in [0.1, 0.15) is 0 Å². The van der Waals surface area contributed by atoms with Gasteiger partial charge in [0.05, 0.1) is 0 Å². The van der Waals surface area contributed by atoms with E-state index in [1.54, 1.807) is 0 Å². The molecule has 96 valence electrons. The monoisotopic (exact) mass is 226 g/mol. The third-order valence-electron chi connectivity index (χ3n) is 4.02. The van der Waals surface area contributed by atoms with E-state index in [1.807, 2.05) is 0 Å². The Morgan fingerprint density at radius 3 is 2.19 bits per heavy atom. The van der Waals surface area contributed by atoms with Gasteiger partial charge in [-0.3, -0.25) is 0 Å². The van der Waals surface area contributed by atoms with Crippen LogP contribution < -0.4 is 5.73 Å². The molecule has 0 radical (unpaired) electrons. The van der Waals surface area contributed by atoms with Gasteiger partial charge in [-0.2, -0.15) is 0 Å². The number of nitrogens with zero attached hydrogens (tertiary/aromatic N) is 1. The molecule has 2 nitrogen and oxygen atoms in total. The molecule has 1 aliphatic carbocycles. The quantitative estimate of drug-likeness (QED) is 0.781. The zero-order valence-corrected chi connectivity index (χ0v) is 11.6. The maximum atomic E-state index is 5.73. The van der Waals surface area contributed by atoms with Crippen LogP contribution in [0.4, 0.5) is 0 Å². The zero-order valence-electron chi connectivity index (χ0n) is 11.6. The number of hydrogen-bond acceptors (Lipinski definition) is 2. The highest BCUT2D eigenvalue weighted by Gasteiger charge is 2.27. The minimum Gasteiger partial charge on any atom is -0.330 e. The highest BCUT2D eigenvalue weighted by Crippen LogP contribution is 2.31. The van der Waals surface area contributed by atoms with Gasteiger partial charge in [0, 0.05) is 12.6 Å². The van der Waals surface area contributed by atoms with Crippen molar-refractivity contribution >= 4 is 0 Å². The van der Waals surface area contributed by atoms with Gasteiger partial charge in [0.15, 0.2) is 0 Å². The van der Waals surface area contributed by atoms with Gasteiger partial charge in [-0.25, -0.2) is 0 Å². The van der Waals surface area contributed by atoms with Crippen molar-refractivity contribution in [2.45, 2.75) is 53.0 Å². The fraction of sp³-hybridized carbons (Fsp3) is 1.00. The van der Waals surface area contributed by atoms with E-state index in [4.69, 9.17) is 5.73 Å². The average molecular weight is 226 g/mol. The van der Waals surface area contributed by atoms with E-state index in [0.29, 0.717) is 5.92 Å². The van der Waals surface area contributed by atoms with Gasteiger partial charge in [0.25, 0.3) is 0 Å². The molecule has 0 aliphatic heterocycles. The minimum atomic E-state index is 0.632. The number of hydrogen-bond donors (Lipinski definition) is 1. The Morgan fingerprint density at radius 1 is 1.19 bits per heavy atom. The van der Waals surface area contributed by atoms with E-state index in [2.05, 4.69) is 32.6 Å². The second kappa shape index (κ2) is 6.61. The summed E-state index contributed by atoms with van der Waals surface area (Å²) in [6.07, 6.45) is 4.19. The van der Waals surface area contributed by atoms with Crippen molar-refractivity contribution in [3.8, 4) is 0 Å². The molecule has 2 heteroatoms. The van der Waals surface area contributed by atoms with Crippen molar-refractivity contribution in [2.24, 2.45) is 23.5 Å². The van der Waals surface area contributed by atoms with Crippen LogP contribution in [0.3, 0.4) is 0 Å². The molecule has 2 N–H and O–H groups in total. The molecule has 1 aliphatic rings. The molecule has 1 fully saturated rings. The van der Waals surface area contributed by atoms with Crippen LogP contribution in [0.5, 0.6) is 0 Å². The molecular formula is C14H30N2. The van der Waals surface area contributed by atoms with Crippen molar-refractivity contribution in [3.05, 3.63) is 0 Å². The van der Waals surface area contributed by atoms with E-state index in [9.17, 15) is 0 Å². The summed E-state index contributed by atoms with van der Waals surface area (Å²) in [5.74, 6) is 2.43. The van der Waals surface area contributed by atoms with Crippen molar-refractivity contribution in [2.75, 3.05) is 19.6 Å². The third-order valence-corrected chi connectivity index (χ3v) is 4.02. The summed E-state index contributed by atoms with van der Waals surface area (Å²) in [5, 5.41) is 0. The first kappa shape index (κ1) is 14.0. The number of rotatable bonds is 5. The molecule has 0 amide bonds. The zero-order chi connectivity index (χ0) is 12.1. The Bertz CT molecular complexity index is 183. The van der Waals surface area contributed by atoms with E-state index in [-0.39, 0.29) is 0 Å². The second-order valence-corrected chi connectivity index (χ2v) is 6.00. The molecular weight excluding hydrogens is 196 g/mol. The summed E-state index contributed by atoms with van der Waals surface area (Å²) in [6.45, 7) is 12.5. The molecule has 0 aromatic heterocycles. The van der Waals surface area contributed by atoms with E-state index < -0.39 is 0 Å². The van der Waals surface area contributed by atoms with Crippen molar-refractivity contribution in [1.29, 1.82) is 0 Å². The van der Waals surface area contributed by atoms with Gasteiger partial charge in [0.2, 0.25) is 0 Å². The Hall–Kier alpha value is -0.0800. The summed E-state index contributed by atoms with van der Waals surface area (Å²) in [7, 11) is 0. The molecule has 1 saturated carbocycles. The predicted octanol–water partition coefficient (Wildman–Crippen LogP) is 2.73. The Morgan fingerprint density at radius 2 is 1.75 bits per heavy atom. The van der Waals surface area contributed by atoms with Crippen LogP contribution in [-0.2, 0) is 0 Å². The van der Waals surface area contributed by atoms with Gasteiger partial charge >= 0.3 is 0 Å². The molecule has 0 aromatic carbocycles. The Balaban J connectivity index is 2.50. The smallest absolute Gasteiger partial charge is 0.0100 e. The molecule has 0 saturated heterocycles. The largest absolute Gasteiger partial charge is 0.330 e. The van der Waals surface area contributed by atoms with Crippen LogP contribution in [-0.4, -0.2) is 30.6 Å². The van der Waals surface area contributed by atoms with Gasteiger partial charge < -0.3 is 10.6 Å². The Kier molecular flexibility index (Phi) is 5.77. The van der Waals surface area contributed by atoms with Gasteiger partial charge in [-0.05, 0) is 50.1 Å². The molecule has 16 heavy (non-hydrogen) atoms. The predicted molar refractivity (Wildman–Crippen MR) is 71.4 cm³/mol. The van der Waals surface area contributed by atoms with Gasteiger partial charge in [-0.1, -0.05) is 27.7 Å². The van der Waals surface area contributed by atoms with Crippen LogP contribution >= 0.6 is 0 Å². The van der Waals surface area contributed by atoms with Crippen molar-refractivity contribution < 1.29 is 0 Å². The number of nitrogens with two attached hydrogens (primary N) is 1. The fourth-order valence-electron chi connectivity index (χ4n) is 3.21. The maximum absolute atomic E-state index is 5.73. The molecule has 0 heterocycles. The summed E-state index contributed by atoms with van der Waals surface area (Å²) in [5.41, 5.74) is 5.73. The molecule has 0 aromatic rings. The van der Waals surface area contributed by atoms with Crippen LogP contribution in [0.1, 0.15) is 47.0 Å².